The van der Waals surface area contributed by atoms with Crippen LogP contribution in [-0.4, -0.2) is 55.7 Å². The fraction of sp³-hybridized carbons (Fsp3) is 0.667. The maximum absolute atomic E-state index is 13.0. The van der Waals surface area contributed by atoms with Crippen molar-refractivity contribution in [3.8, 4) is 0 Å². The van der Waals surface area contributed by atoms with Crippen molar-refractivity contribution in [3.05, 3.63) is 35.9 Å². The van der Waals surface area contributed by atoms with E-state index < -0.39 is 10.2 Å². The van der Waals surface area contributed by atoms with Crippen LogP contribution >= 0.6 is 0 Å². The lowest BCUT2D eigenvalue weighted by atomic mass is 9.94. The highest BCUT2D eigenvalue weighted by atomic mass is 32.2. The molecule has 2 aliphatic rings. The Labute approximate surface area is 169 Å². The van der Waals surface area contributed by atoms with Crippen LogP contribution in [-0.2, 0) is 21.4 Å². The lowest BCUT2D eigenvalue weighted by molar-refractivity contribution is -0.126. The van der Waals surface area contributed by atoms with Gasteiger partial charge in [-0.3, -0.25) is 4.79 Å². The van der Waals surface area contributed by atoms with Crippen molar-refractivity contribution in [1.29, 1.82) is 0 Å². The van der Waals surface area contributed by atoms with Crippen LogP contribution in [0.15, 0.2) is 30.3 Å². The molecule has 2 saturated heterocycles. The Hall–Kier alpha value is -1.44. The van der Waals surface area contributed by atoms with E-state index in [-0.39, 0.29) is 11.8 Å². The van der Waals surface area contributed by atoms with Crippen LogP contribution in [0.1, 0.15) is 38.7 Å². The number of benzene rings is 1. The van der Waals surface area contributed by atoms with Crippen LogP contribution in [0.4, 0.5) is 0 Å². The fourth-order valence-corrected chi connectivity index (χ4v) is 6.31. The number of rotatable bonds is 6. The highest BCUT2D eigenvalue weighted by Crippen LogP contribution is 2.27. The number of carbonyl (C=O) groups is 1. The number of piperidine rings is 2. The highest BCUT2D eigenvalue weighted by Gasteiger charge is 2.37. The predicted octanol–water partition coefficient (Wildman–Crippen LogP) is 2.28. The first kappa shape index (κ1) is 21.3. The Morgan fingerprint density at radius 1 is 1.04 bits per heavy atom. The summed E-state index contributed by atoms with van der Waals surface area (Å²) >= 11 is 0. The van der Waals surface area contributed by atoms with Gasteiger partial charge in [-0.25, -0.2) is 0 Å². The zero-order chi connectivity index (χ0) is 20.1. The summed E-state index contributed by atoms with van der Waals surface area (Å²) in [4.78, 5) is 12.4. The molecule has 0 saturated carbocycles. The highest BCUT2D eigenvalue weighted by molar-refractivity contribution is 7.86. The zero-order valence-electron chi connectivity index (χ0n) is 17.0. The molecule has 1 N–H and O–H groups in total. The summed E-state index contributed by atoms with van der Waals surface area (Å²) in [6.45, 7) is 6.91. The van der Waals surface area contributed by atoms with Gasteiger partial charge in [0.25, 0.3) is 10.2 Å². The molecule has 2 aliphatic heterocycles. The van der Waals surface area contributed by atoms with Crippen molar-refractivity contribution < 1.29 is 13.2 Å². The summed E-state index contributed by atoms with van der Waals surface area (Å²) in [6, 6.07) is 10.1. The number of hydrogen-bond acceptors (Lipinski definition) is 3. The maximum atomic E-state index is 13.0. The molecule has 3 rings (SSSR count). The molecule has 1 amide bonds. The van der Waals surface area contributed by atoms with Crippen LogP contribution in [0.25, 0.3) is 0 Å². The largest absolute Gasteiger partial charge is 0.356 e. The maximum Gasteiger partial charge on any atom is 0.281 e. The molecular formula is C21H33N3O3S. The Bertz CT molecular complexity index is 735. The van der Waals surface area contributed by atoms with Gasteiger partial charge in [-0.05, 0) is 43.1 Å². The molecule has 1 aromatic rings. The van der Waals surface area contributed by atoms with E-state index in [4.69, 9.17) is 0 Å². The monoisotopic (exact) mass is 407 g/mol. The van der Waals surface area contributed by atoms with Crippen LogP contribution in [0.2, 0.25) is 0 Å². The summed E-state index contributed by atoms with van der Waals surface area (Å²) in [5.41, 5.74) is 1.20. The fourth-order valence-electron chi connectivity index (χ4n) is 4.43. The van der Waals surface area contributed by atoms with Gasteiger partial charge in [0, 0.05) is 38.6 Å². The topological polar surface area (TPSA) is 69.7 Å². The van der Waals surface area contributed by atoms with Gasteiger partial charge in [0.1, 0.15) is 0 Å². The standard InChI is InChI=1S/C21H33N3O3S/c1-17-14-18(2)16-24(15-17)28(26,27)23-12-9-20(10-13-23)21(25)22-11-8-19-6-4-3-5-7-19/h3-7,17-18,20H,8-16H2,1-2H3,(H,22,25). The van der Waals surface area contributed by atoms with Gasteiger partial charge in [-0.2, -0.15) is 17.0 Å². The van der Waals surface area contributed by atoms with Crippen LogP contribution < -0.4 is 5.32 Å². The van der Waals surface area contributed by atoms with E-state index in [9.17, 15) is 13.2 Å². The first-order valence-corrected chi connectivity index (χ1v) is 11.8. The molecule has 1 aromatic carbocycles. The van der Waals surface area contributed by atoms with Crippen molar-refractivity contribution in [2.75, 3.05) is 32.7 Å². The SMILES string of the molecule is CC1CC(C)CN(S(=O)(=O)N2CCC(C(=O)NCCc3ccccc3)CC2)C1. The quantitative estimate of drug-likeness (QED) is 0.787. The molecule has 2 fully saturated rings. The molecule has 0 aromatic heterocycles. The van der Waals surface area contributed by atoms with E-state index in [2.05, 4.69) is 31.3 Å². The van der Waals surface area contributed by atoms with Crippen molar-refractivity contribution in [2.24, 2.45) is 17.8 Å². The molecule has 28 heavy (non-hydrogen) atoms. The molecule has 0 spiro atoms. The molecule has 156 valence electrons. The first-order valence-electron chi connectivity index (χ1n) is 10.4. The Morgan fingerprint density at radius 3 is 2.25 bits per heavy atom. The molecule has 0 radical (unpaired) electrons. The molecule has 2 unspecified atom stereocenters. The van der Waals surface area contributed by atoms with Crippen LogP contribution in [0.3, 0.4) is 0 Å². The molecule has 7 heteroatoms. The van der Waals surface area contributed by atoms with Crippen molar-refractivity contribution in [1.82, 2.24) is 13.9 Å². The van der Waals surface area contributed by atoms with E-state index in [1.807, 2.05) is 18.2 Å². The number of carbonyl (C=O) groups excluding carboxylic acids is 1. The van der Waals surface area contributed by atoms with Crippen molar-refractivity contribution in [3.63, 3.8) is 0 Å². The second kappa shape index (κ2) is 9.37. The van der Waals surface area contributed by atoms with Crippen molar-refractivity contribution >= 4 is 16.1 Å². The smallest absolute Gasteiger partial charge is 0.281 e. The van der Waals surface area contributed by atoms with Gasteiger partial charge >= 0.3 is 0 Å². The lowest BCUT2D eigenvalue weighted by Gasteiger charge is -2.39. The third kappa shape index (κ3) is 5.33. The lowest BCUT2D eigenvalue weighted by Crippen LogP contribution is -2.52. The van der Waals surface area contributed by atoms with Gasteiger partial charge in [0.15, 0.2) is 0 Å². The van der Waals surface area contributed by atoms with Gasteiger partial charge in [-0.1, -0.05) is 44.2 Å². The Balaban J connectivity index is 1.46. The summed E-state index contributed by atoms with van der Waals surface area (Å²) in [7, 11) is -3.42. The van der Waals surface area contributed by atoms with E-state index in [1.165, 1.54) is 5.56 Å². The van der Waals surface area contributed by atoms with Crippen LogP contribution in [0, 0.1) is 17.8 Å². The number of hydrogen-bond donors (Lipinski definition) is 1. The second-order valence-corrected chi connectivity index (χ2v) is 10.4. The third-order valence-electron chi connectivity index (χ3n) is 5.87. The average molecular weight is 408 g/mol. The normalized spacial score (nSPS) is 25.5. The van der Waals surface area contributed by atoms with Gasteiger partial charge in [0.2, 0.25) is 5.91 Å². The van der Waals surface area contributed by atoms with E-state index in [0.29, 0.717) is 57.4 Å². The first-order chi connectivity index (χ1) is 13.4. The molecule has 2 heterocycles. The zero-order valence-corrected chi connectivity index (χ0v) is 17.8. The summed E-state index contributed by atoms with van der Waals surface area (Å²) < 4.78 is 29.2. The minimum Gasteiger partial charge on any atom is -0.356 e. The van der Waals surface area contributed by atoms with Crippen LogP contribution in [0.5, 0.6) is 0 Å². The van der Waals surface area contributed by atoms with Gasteiger partial charge in [0.05, 0.1) is 0 Å². The van der Waals surface area contributed by atoms with E-state index >= 15 is 0 Å². The minimum absolute atomic E-state index is 0.0493. The number of amides is 1. The Morgan fingerprint density at radius 2 is 1.64 bits per heavy atom. The molecule has 0 bridgehead atoms. The number of nitrogens with zero attached hydrogens (tertiary/aromatic N) is 2. The molecule has 6 nitrogen and oxygen atoms in total. The molecule has 2 atom stereocenters. The van der Waals surface area contributed by atoms with Gasteiger partial charge < -0.3 is 5.32 Å². The third-order valence-corrected chi connectivity index (χ3v) is 7.84. The van der Waals surface area contributed by atoms with E-state index in [1.54, 1.807) is 8.61 Å². The Kier molecular flexibility index (Phi) is 7.12. The van der Waals surface area contributed by atoms with Gasteiger partial charge in [-0.15, -0.1) is 0 Å². The molecule has 0 aliphatic carbocycles. The second-order valence-electron chi connectivity index (χ2n) is 8.47. The van der Waals surface area contributed by atoms with Crippen molar-refractivity contribution in [2.45, 2.75) is 39.5 Å². The summed E-state index contributed by atoms with van der Waals surface area (Å²) in [5.74, 6) is 0.743. The summed E-state index contributed by atoms with van der Waals surface area (Å²) in [5, 5.41) is 3.01. The number of nitrogens with one attached hydrogen (secondary N) is 1. The minimum atomic E-state index is -3.42. The molecular weight excluding hydrogens is 374 g/mol. The predicted molar refractivity (Wildman–Crippen MR) is 111 cm³/mol. The summed E-state index contributed by atoms with van der Waals surface area (Å²) in [6.07, 6.45) is 3.08. The van der Waals surface area contributed by atoms with E-state index in [0.717, 1.165) is 12.8 Å². The average Bonchev–Trinajstić information content (AvgIpc) is 2.68.